The van der Waals surface area contributed by atoms with Gasteiger partial charge in [0, 0.05) is 43.5 Å². The molecule has 0 bridgehead atoms. The Morgan fingerprint density at radius 3 is 2.54 bits per heavy atom. The lowest BCUT2D eigenvalue weighted by Crippen LogP contribution is -2.46. The van der Waals surface area contributed by atoms with Crippen molar-refractivity contribution in [3.63, 3.8) is 0 Å². The van der Waals surface area contributed by atoms with E-state index >= 15 is 0 Å². The molecule has 6 rings (SSSR count). The van der Waals surface area contributed by atoms with Gasteiger partial charge < -0.3 is 16.0 Å². The molecule has 3 aromatic heterocycles. The van der Waals surface area contributed by atoms with Crippen LogP contribution in [0.5, 0.6) is 0 Å². The molecule has 1 saturated heterocycles. The number of nitrogens with one attached hydrogen (secondary N) is 2. The van der Waals surface area contributed by atoms with Crippen molar-refractivity contribution in [2.45, 2.75) is 49.7 Å². The smallest absolute Gasteiger partial charge is 0.327 e. The number of piperidine rings is 1. The van der Waals surface area contributed by atoms with E-state index in [0.29, 0.717) is 55.7 Å². The average Bonchev–Trinajstić information content (AvgIpc) is 3.23. The second-order valence-corrected chi connectivity index (χ2v) is 10.2. The largest absolute Gasteiger partial charge is 0.330 e. The van der Waals surface area contributed by atoms with Gasteiger partial charge in [-0.3, -0.25) is 14.5 Å². The van der Waals surface area contributed by atoms with Crippen LogP contribution in [0.25, 0.3) is 11.2 Å². The number of aromatic nitrogens is 4. The Bertz CT molecular complexity index is 1580. The van der Waals surface area contributed by atoms with Crippen LogP contribution in [-0.2, 0) is 0 Å². The third-order valence-corrected chi connectivity index (χ3v) is 8.05. The molecule has 1 fully saturated rings. The summed E-state index contributed by atoms with van der Waals surface area (Å²) in [5, 5.41) is 3.11. The maximum atomic E-state index is 14.7. The Morgan fingerprint density at radius 1 is 0.974 bits per heavy atom. The van der Waals surface area contributed by atoms with Gasteiger partial charge in [0.25, 0.3) is 0 Å². The van der Waals surface area contributed by atoms with E-state index in [-0.39, 0.29) is 23.3 Å². The Kier molecular flexibility index (Phi) is 6.59. The molecule has 3 unspecified atom stereocenters. The zero-order chi connectivity index (χ0) is 27.1. The maximum absolute atomic E-state index is 14.7. The molecule has 3 atom stereocenters. The van der Waals surface area contributed by atoms with Crippen molar-refractivity contribution >= 4 is 17.2 Å². The molecule has 0 spiro atoms. The number of fused-ring (bicyclic) bond motifs is 2. The first-order valence-corrected chi connectivity index (χ1v) is 13.2. The van der Waals surface area contributed by atoms with E-state index in [4.69, 9.17) is 5.73 Å². The number of benzene rings is 1. The van der Waals surface area contributed by atoms with Crippen LogP contribution in [0.2, 0.25) is 0 Å². The standard InChI is InChI=1S/C28H29F2N7O2/c29-20-6-1-4-17(23(20)30)18-8-9-21(25-19(24(18)31)5-2-12-32-25)34-27(38)36-14-10-16(11-15-36)37-22-7-3-13-33-26(22)35-28(37)39/h1-7,12-13,16,18,21,24H,8-11,14-15,31H2,(H,34,38)(H,33,35,39). The van der Waals surface area contributed by atoms with E-state index in [2.05, 4.69) is 20.3 Å². The topological polar surface area (TPSA) is 122 Å². The van der Waals surface area contributed by atoms with Crippen molar-refractivity contribution in [3.05, 3.63) is 93.8 Å². The number of imidazole rings is 1. The van der Waals surface area contributed by atoms with E-state index in [1.54, 1.807) is 40.1 Å². The van der Waals surface area contributed by atoms with Crippen LogP contribution in [0, 0.1) is 11.6 Å². The second kappa shape index (κ2) is 10.2. The first-order chi connectivity index (χ1) is 18.9. The van der Waals surface area contributed by atoms with Gasteiger partial charge in [-0.1, -0.05) is 18.2 Å². The highest BCUT2D eigenvalue weighted by Gasteiger charge is 2.35. The molecule has 1 aliphatic heterocycles. The molecule has 0 radical (unpaired) electrons. The third kappa shape index (κ3) is 4.56. The number of amides is 2. The fourth-order valence-corrected chi connectivity index (χ4v) is 6.07. The predicted octanol–water partition coefficient (Wildman–Crippen LogP) is 4.06. The monoisotopic (exact) mass is 533 g/mol. The molecule has 39 heavy (non-hydrogen) atoms. The summed E-state index contributed by atoms with van der Waals surface area (Å²) in [5.41, 5.74) is 9.30. The van der Waals surface area contributed by atoms with Crippen LogP contribution in [0.1, 0.15) is 66.5 Å². The molecule has 11 heteroatoms. The summed E-state index contributed by atoms with van der Waals surface area (Å²) in [4.78, 5) is 39.2. The molecule has 9 nitrogen and oxygen atoms in total. The highest BCUT2D eigenvalue weighted by molar-refractivity contribution is 5.75. The zero-order valence-electron chi connectivity index (χ0n) is 21.2. The summed E-state index contributed by atoms with van der Waals surface area (Å²) >= 11 is 0. The molecule has 202 valence electrons. The Labute approximate surface area is 223 Å². The van der Waals surface area contributed by atoms with Gasteiger partial charge in [0.1, 0.15) is 0 Å². The average molecular weight is 534 g/mol. The highest BCUT2D eigenvalue weighted by atomic mass is 19.2. The number of hydrogen-bond acceptors (Lipinski definition) is 5. The van der Waals surface area contributed by atoms with Crippen molar-refractivity contribution < 1.29 is 13.6 Å². The lowest BCUT2D eigenvalue weighted by atomic mass is 9.86. The summed E-state index contributed by atoms with van der Waals surface area (Å²) < 4.78 is 30.5. The summed E-state index contributed by atoms with van der Waals surface area (Å²) in [5.74, 6) is -2.26. The number of likely N-dealkylation sites (tertiary alicyclic amines) is 1. The van der Waals surface area contributed by atoms with E-state index in [1.807, 2.05) is 12.1 Å². The number of nitrogens with two attached hydrogens (primary N) is 1. The van der Waals surface area contributed by atoms with Gasteiger partial charge in [-0.2, -0.15) is 0 Å². The quantitative estimate of drug-likeness (QED) is 0.343. The molecular formula is C28H29F2N7O2. The number of carbonyl (C=O) groups excluding carboxylic acids is 1. The fourth-order valence-electron chi connectivity index (χ4n) is 6.07. The van der Waals surface area contributed by atoms with Gasteiger partial charge in [-0.05, 0) is 61.1 Å². The number of rotatable bonds is 3. The molecule has 2 aliphatic rings. The number of H-pyrrole nitrogens is 1. The SMILES string of the molecule is NC1c2cccnc2C(NC(=O)N2CCC(n3c(=O)[nH]c4ncccc43)CC2)CCC1c1cccc(F)c1F. The third-order valence-electron chi connectivity index (χ3n) is 8.05. The minimum absolute atomic E-state index is 0.0419. The molecule has 4 heterocycles. The summed E-state index contributed by atoms with van der Waals surface area (Å²) in [6.07, 6.45) is 5.45. The summed E-state index contributed by atoms with van der Waals surface area (Å²) in [6.45, 7) is 0.961. The van der Waals surface area contributed by atoms with E-state index in [1.165, 1.54) is 6.07 Å². The maximum Gasteiger partial charge on any atom is 0.327 e. The fraction of sp³-hybridized carbons (Fsp3) is 0.357. The van der Waals surface area contributed by atoms with Gasteiger partial charge in [0.15, 0.2) is 17.3 Å². The second-order valence-electron chi connectivity index (χ2n) is 10.2. The molecule has 1 aliphatic carbocycles. The molecule has 1 aromatic carbocycles. The van der Waals surface area contributed by atoms with E-state index in [0.717, 1.165) is 11.6 Å². The number of nitrogens with zero attached hydrogens (tertiary/aromatic N) is 4. The minimum Gasteiger partial charge on any atom is -0.330 e. The van der Waals surface area contributed by atoms with Crippen LogP contribution in [0.15, 0.2) is 59.7 Å². The van der Waals surface area contributed by atoms with Crippen LogP contribution in [-0.4, -0.2) is 43.5 Å². The van der Waals surface area contributed by atoms with Gasteiger partial charge in [0.05, 0.1) is 17.3 Å². The molecule has 4 N–H and O–H groups in total. The lowest BCUT2D eigenvalue weighted by Gasteiger charge is -2.33. The normalized spacial score (nSPS) is 21.9. The van der Waals surface area contributed by atoms with Crippen LogP contribution in [0.4, 0.5) is 13.6 Å². The first kappa shape index (κ1) is 25.2. The molecule has 0 saturated carbocycles. The first-order valence-electron chi connectivity index (χ1n) is 13.2. The van der Waals surface area contributed by atoms with Crippen molar-refractivity contribution in [1.82, 2.24) is 29.7 Å². The molecular weight excluding hydrogens is 504 g/mol. The van der Waals surface area contributed by atoms with Gasteiger partial charge in [-0.15, -0.1) is 0 Å². The summed E-state index contributed by atoms with van der Waals surface area (Å²) in [7, 11) is 0. The summed E-state index contributed by atoms with van der Waals surface area (Å²) in [6, 6.07) is 10.1. The van der Waals surface area contributed by atoms with Crippen LogP contribution < -0.4 is 16.7 Å². The number of carbonyl (C=O) groups is 1. The Morgan fingerprint density at radius 2 is 1.72 bits per heavy atom. The van der Waals surface area contributed by atoms with Gasteiger partial charge >= 0.3 is 11.7 Å². The van der Waals surface area contributed by atoms with Crippen molar-refractivity contribution in [3.8, 4) is 0 Å². The van der Waals surface area contributed by atoms with Crippen molar-refractivity contribution in [1.29, 1.82) is 0 Å². The van der Waals surface area contributed by atoms with Crippen LogP contribution >= 0.6 is 0 Å². The minimum atomic E-state index is -0.908. The lowest BCUT2D eigenvalue weighted by molar-refractivity contribution is 0.167. The zero-order valence-corrected chi connectivity index (χ0v) is 21.2. The highest BCUT2D eigenvalue weighted by Crippen LogP contribution is 2.42. The Balaban J connectivity index is 1.18. The van der Waals surface area contributed by atoms with Gasteiger partial charge in [0.2, 0.25) is 0 Å². The van der Waals surface area contributed by atoms with E-state index in [9.17, 15) is 18.4 Å². The van der Waals surface area contributed by atoms with Crippen molar-refractivity contribution in [2.24, 2.45) is 5.73 Å². The predicted molar refractivity (Wildman–Crippen MR) is 141 cm³/mol. The molecule has 4 aromatic rings. The van der Waals surface area contributed by atoms with Crippen LogP contribution in [0.3, 0.4) is 0 Å². The number of aromatic amines is 1. The number of urea groups is 1. The Hall–Kier alpha value is -4.12. The number of halogens is 2. The molecule has 2 amide bonds. The number of pyridine rings is 2. The van der Waals surface area contributed by atoms with Gasteiger partial charge in [-0.25, -0.2) is 23.4 Å². The van der Waals surface area contributed by atoms with E-state index < -0.39 is 29.6 Å². The number of hydrogen-bond donors (Lipinski definition) is 3. The van der Waals surface area contributed by atoms with Crippen molar-refractivity contribution in [2.75, 3.05) is 13.1 Å².